The van der Waals surface area contributed by atoms with Gasteiger partial charge in [0.15, 0.2) is 0 Å². The van der Waals surface area contributed by atoms with Gasteiger partial charge < -0.3 is 9.90 Å². The van der Waals surface area contributed by atoms with Crippen LogP contribution in [0.1, 0.15) is 19.3 Å². The largest absolute Gasteiger partial charge is 0.550 e. The van der Waals surface area contributed by atoms with Crippen LogP contribution in [0.5, 0.6) is 0 Å². The molecular formula is C7H11Cl2O2-. The summed E-state index contributed by atoms with van der Waals surface area (Å²) in [7, 11) is 0. The number of hydrogen-bond donors (Lipinski definition) is 0. The van der Waals surface area contributed by atoms with Crippen LogP contribution < -0.4 is 5.11 Å². The van der Waals surface area contributed by atoms with E-state index in [4.69, 9.17) is 23.2 Å². The predicted molar refractivity (Wildman–Crippen MR) is 43.8 cm³/mol. The van der Waals surface area contributed by atoms with E-state index in [2.05, 4.69) is 0 Å². The molecule has 0 aliphatic rings. The second-order valence-corrected chi connectivity index (χ2v) is 3.04. The van der Waals surface area contributed by atoms with Crippen LogP contribution in [0, 0.1) is 5.92 Å². The molecule has 0 radical (unpaired) electrons. The van der Waals surface area contributed by atoms with Crippen molar-refractivity contribution in [2.75, 3.05) is 11.8 Å². The minimum Gasteiger partial charge on any atom is -0.550 e. The molecule has 4 heteroatoms. The highest BCUT2D eigenvalue weighted by Gasteiger charge is 2.06. The van der Waals surface area contributed by atoms with E-state index in [1.807, 2.05) is 0 Å². The molecule has 11 heavy (non-hydrogen) atoms. The van der Waals surface area contributed by atoms with Crippen molar-refractivity contribution in [1.29, 1.82) is 0 Å². The molecular weight excluding hydrogens is 187 g/mol. The highest BCUT2D eigenvalue weighted by atomic mass is 35.5. The molecule has 2 nitrogen and oxygen atoms in total. The number of carboxylic acids is 1. The lowest BCUT2D eigenvalue weighted by Gasteiger charge is -2.13. The van der Waals surface area contributed by atoms with Crippen LogP contribution in [-0.4, -0.2) is 17.7 Å². The molecule has 0 spiro atoms. The first-order valence-corrected chi connectivity index (χ1v) is 4.62. The van der Waals surface area contributed by atoms with E-state index in [-0.39, 0.29) is 5.88 Å². The van der Waals surface area contributed by atoms with Crippen molar-refractivity contribution in [3.05, 3.63) is 0 Å². The molecule has 0 fully saturated rings. The number of carbonyl (C=O) groups is 1. The SMILES string of the molecule is O=C([O-])C(CCl)CCCCCl. The lowest BCUT2D eigenvalue weighted by Crippen LogP contribution is -2.32. The van der Waals surface area contributed by atoms with Crippen molar-refractivity contribution in [2.45, 2.75) is 19.3 Å². The Morgan fingerprint density at radius 1 is 1.36 bits per heavy atom. The minimum absolute atomic E-state index is 0.130. The summed E-state index contributed by atoms with van der Waals surface area (Å²) in [5.41, 5.74) is 0. The molecule has 0 aromatic heterocycles. The Morgan fingerprint density at radius 2 is 2.00 bits per heavy atom. The summed E-state index contributed by atoms with van der Waals surface area (Å²) in [6, 6.07) is 0. The van der Waals surface area contributed by atoms with Crippen LogP contribution in [0.4, 0.5) is 0 Å². The lowest BCUT2D eigenvalue weighted by atomic mass is 10.1. The second kappa shape index (κ2) is 6.74. The Labute approximate surface area is 76.5 Å². The molecule has 0 saturated heterocycles. The number of carbonyl (C=O) groups excluding carboxylic acids is 1. The maximum Gasteiger partial charge on any atom is 0.0457 e. The second-order valence-electron chi connectivity index (χ2n) is 2.36. The van der Waals surface area contributed by atoms with Crippen molar-refractivity contribution in [3.63, 3.8) is 0 Å². The summed E-state index contributed by atoms with van der Waals surface area (Å²) < 4.78 is 0. The Kier molecular flexibility index (Phi) is 6.77. The monoisotopic (exact) mass is 197 g/mol. The van der Waals surface area contributed by atoms with Crippen LogP contribution in [0.25, 0.3) is 0 Å². The van der Waals surface area contributed by atoms with Crippen LogP contribution >= 0.6 is 23.2 Å². The molecule has 0 aromatic carbocycles. The molecule has 0 aliphatic heterocycles. The van der Waals surface area contributed by atoms with E-state index in [0.717, 1.165) is 12.8 Å². The van der Waals surface area contributed by atoms with Gasteiger partial charge in [0.05, 0.1) is 0 Å². The van der Waals surface area contributed by atoms with Crippen molar-refractivity contribution in [1.82, 2.24) is 0 Å². The first-order valence-electron chi connectivity index (χ1n) is 3.55. The third kappa shape index (κ3) is 5.33. The topological polar surface area (TPSA) is 40.1 Å². The van der Waals surface area contributed by atoms with Gasteiger partial charge >= 0.3 is 0 Å². The van der Waals surface area contributed by atoms with Gasteiger partial charge in [0.25, 0.3) is 0 Å². The number of halogens is 2. The molecule has 0 aromatic rings. The van der Waals surface area contributed by atoms with Crippen molar-refractivity contribution >= 4 is 29.2 Å². The molecule has 0 rings (SSSR count). The number of hydrogen-bond acceptors (Lipinski definition) is 2. The molecule has 0 bridgehead atoms. The van der Waals surface area contributed by atoms with E-state index in [0.29, 0.717) is 12.3 Å². The average Bonchev–Trinajstić information content (AvgIpc) is 1.97. The predicted octanol–water partition coefficient (Wildman–Crippen LogP) is 1.00. The summed E-state index contributed by atoms with van der Waals surface area (Å²) in [6.45, 7) is 0. The Balaban J connectivity index is 3.44. The maximum atomic E-state index is 10.3. The Bertz CT molecular complexity index is 117. The molecule has 0 aliphatic carbocycles. The van der Waals surface area contributed by atoms with Crippen LogP contribution in [0.3, 0.4) is 0 Å². The van der Waals surface area contributed by atoms with Crippen molar-refractivity contribution in [2.24, 2.45) is 5.92 Å². The lowest BCUT2D eigenvalue weighted by molar-refractivity contribution is -0.311. The summed E-state index contributed by atoms with van der Waals surface area (Å²) in [5, 5.41) is 10.3. The first-order chi connectivity index (χ1) is 5.22. The number of aliphatic carboxylic acids is 1. The summed E-state index contributed by atoms with van der Waals surface area (Å²) >= 11 is 10.8. The van der Waals surface area contributed by atoms with Gasteiger partial charge in [-0.15, -0.1) is 23.2 Å². The summed E-state index contributed by atoms with van der Waals surface area (Å²) in [6.07, 6.45) is 2.20. The van der Waals surface area contributed by atoms with Gasteiger partial charge in [-0.3, -0.25) is 0 Å². The fourth-order valence-electron chi connectivity index (χ4n) is 0.743. The van der Waals surface area contributed by atoms with Gasteiger partial charge in [0.2, 0.25) is 0 Å². The van der Waals surface area contributed by atoms with Gasteiger partial charge in [-0.05, 0) is 12.8 Å². The highest BCUT2D eigenvalue weighted by molar-refractivity contribution is 6.19. The average molecular weight is 198 g/mol. The third-order valence-electron chi connectivity index (χ3n) is 1.46. The van der Waals surface area contributed by atoms with Crippen molar-refractivity contribution < 1.29 is 9.90 Å². The van der Waals surface area contributed by atoms with E-state index in [9.17, 15) is 9.90 Å². The summed E-state index contributed by atoms with van der Waals surface area (Å²) in [5.74, 6) is -0.874. The van der Waals surface area contributed by atoms with Crippen LogP contribution in [0.15, 0.2) is 0 Å². The zero-order valence-corrected chi connectivity index (χ0v) is 7.70. The van der Waals surface area contributed by atoms with Gasteiger partial charge in [-0.1, -0.05) is 6.42 Å². The number of carboxylic acid groups (broad SMARTS) is 1. The molecule has 0 heterocycles. The molecule has 0 saturated carbocycles. The minimum atomic E-state index is -1.06. The van der Waals surface area contributed by atoms with Crippen LogP contribution in [-0.2, 0) is 4.79 Å². The fourth-order valence-corrected chi connectivity index (χ4v) is 1.21. The van der Waals surface area contributed by atoms with Gasteiger partial charge in [0.1, 0.15) is 0 Å². The zero-order chi connectivity index (χ0) is 8.69. The number of unbranched alkanes of at least 4 members (excludes halogenated alkanes) is 1. The van der Waals surface area contributed by atoms with E-state index >= 15 is 0 Å². The Hall–Kier alpha value is 0.0500. The quantitative estimate of drug-likeness (QED) is 0.471. The van der Waals surface area contributed by atoms with E-state index in [1.165, 1.54) is 0 Å². The van der Waals surface area contributed by atoms with Crippen LogP contribution in [0.2, 0.25) is 0 Å². The van der Waals surface area contributed by atoms with Gasteiger partial charge in [0, 0.05) is 23.6 Å². The molecule has 66 valence electrons. The number of alkyl halides is 2. The van der Waals surface area contributed by atoms with Gasteiger partial charge in [-0.2, -0.15) is 0 Å². The molecule has 0 amide bonds. The smallest absolute Gasteiger partial charge is 0.0457 e. The third-order valence-corrected chi connectivity index (χ3v) is 2.10. The molecule has 1 atom stereocenters. The first kappa shape index (κ1) is 11.1. The highest BCUT2D eigenvalue weighted by Crippen LogP contribution is 2.09. The molecule has 1 unspecified atom stereocenters. The Morgan fingerprint density at radius 3 is 2.36 bits per heavy atom. The van der Waals surface area contributed by atoms with Gasteiger partial charge in [-0.25, -0.2) is 0 Å². The fraction of sp³-hybridized carbons (Fsp3) is 0.857. The maximum absolute atomic E-state index is 10.3. The normalized spacial score (nSPS) is 12.9. The van der Waals surface area contributed by atoms with Crippen molar-refractivity contribution in [3.8, 4) is 0 Å². The zero-order valence-electron chi connectivity index (χ0n) is 6.19. The number of rotatable bonds is 6. The summed E-state index contributed by atoms with van der Waals surface area (Å²) in [4.78, 5) is 10.3. The van der Waals surface area contributed by atoms with E-state index < -0.39 is 11.9 Å². The molecule has 0 N–H and O–H groups in total. The van der Waals surface area contributed by atoms with E-state index in [1.54, 1.807) is 0 Å². The standard InChI is InChI=1S/C7H12Cl2O2/c8-4-2-1-3-6(5-9)7(10)11/h6H,1-5H2,(H,10,11)/p-1.